The Hall–Kier alpha value is -2.79. The molecular weight excluding hydrogens is 392 g/mol. The lowest BCUT2D eigenvalue weighted by Gasteiger charge is -2.43. The summed E-state index contributed by atoms with van der Waals surface area (Å²) in [4.78, 5) is 41.2. The van der Waals surface area contributed by atoms with Crippen LogP contribution >= 0.6 is 0 Å². The third kappa shape index (κ3) is 3.23. The zero-order valence-electron chi connectivity index (χ0n) is 19.0. The molecule has 0 fully saturated rings. The van der Waals surface area contributed by atoms with Crippen LogP contribution in [0.25, 0.3) is 0 Å². The molecule has 5 nitrogen and oxygen atoms in total. The van der Waals surface area contributed by atoms with Crippen molar-refractivity contribution in [3.05, 3.63) is 64.3 Å². The molecule has 5 heteroatoms. The number of allylic oxidation sites excluding steroid dienone is 6. The van der Waals surface area contributed by atoms with Crippen molar-refractivity contribution in [1.82, 2.24) is 0 Å². The number of Topliss-reactive ketones (excluding diaryl/α,β-unsaturated/α-hetero) is 2. The minimum Gasteiger partial charge on any atom is -0.496 e. The van der Waals surface area contributed by atoms with Crippen LogP contribution in [-0.2, 0) is 9.59 Å². The monoisotopic (exact) mass is 422 g/mol. The van der Waals surface area contributed by atoms with Gasteiger partial charge in [-0.2, -0.15) is 0 Å². The summed E-state index contributed by atoms with van der Waals surface area (Å²) in [7, 11) is 1.43. The van der Waals surface area contributed by atoms with Gasteiger partial charge >= 0.3 is 0 Å². The summed E-state index contributed by atoms with van der Waals surface area (Å²) in [6.07, 6.45) is 4.41. The fourth-order valence-corrected chi connectivity index (χ4v) is 4.69. The lowest BCUT2D eigenvalue weighted by molar-refractivity contribution is -0.148. The van der Waals surface area contributed by atoms with Crippen molar-refractivity contribution in [3.8, 4) is 5.75 Å². The van der Waals surface area contributed by atoms with E-state index in [0.29, 0.717) is 24.2 Å². The number of aliphatic hydroxyl groups is 1. The van der Waals surface area contributed by atoms with Crippen LogP contribution in [0.15, 0.2) is 53.1 Å². The van der Waals surface area contributed by atoms with Crippen molar-refractivity contribution in [2.45, 2.75) is 53.6 Å². The van der Waals surface area contributed by atoms with Crippen molar-refractivity contribution in [2.24, 2.45) is 10.8 Å². The van der Waals surface area contributed by atoms with E-state index in [9.17, 15) is 19.5 Å². The van der Waals surface area contributed by atoms with Crippen LogP contribution in [0.5, 0.6) is 5.75 Å². The van der Waals surface area contributed by atoms with Crippen LogP contribution < -0.4 is 4.74 Å². The number of methoxy groups -OCH3 is 1. The standard InChI is InChI=1S/C26H30O5/c1-15(2)10-12-25(13-11-16(3)4)17(5)14-20(27)26(24(25)30)22(28)18-8-7-9-19(31-6)21(18)23(26)29/h7-11,14,23,29H,12-13H2,1-6H3/t23-,26-/m1/s1. The van der Waals surface area contributed by atoms with Crippen molar-refractivity contribution >= 4 is 17.3 Å². The fraction of sp³-hybridized carbons (Fsp3) is 0.423. The molecule has 0 radical (unpaired) electrons. The van der Waals surface area contributed by atoms with Gasteiger partial charge in [0.2, 0.25) is 0 Å². The molecule has 164 valence electrons. The molecule has 2 aliphatic rings. The molecule has 0 amide bonds. The summed E-state index contributed by atoms with van der Waals surface area (Å²) in [5.41, 5.74) is -0.206. The van der Waals surface area contributed by atoms with E-state index in [0.717, 1.165) is 11.1 Å². The van der Waals surface area contributed by atoms with Gasteiger partial charge in [-0.3, -0.25) is 14.4 Å². The highest BCUT2D eigenvalue weighted by Gasteiger charge is 2.68. The molecule has 1 spiro atoms. The molecule has 0 aliphatic heterocycles. The quantitative estimate of drug-likeness (QED) is 0.549. The Morgan fingerprint density at radius 2 is 1.65 bits per heavy atom. The third-order valence-electron chi connectivity index (χ3n) is 6.57. The number of ketones is 3. The van der Waals surface area contributed by atoms with Crippen LogP contribution in [0, 0.1) is 10.8 Å². The molecule has 2 aliphatic carbocycles. The van der Waals surface area contributed by atoms with Crippen LogP contribution in [-0.4, -0.2) is 29.6 Å². The maximum atomic E-state index is 14.3. The maximum Gasteiger partial charge on any atom is 0.187 e. The Morgan fingerprint density at radius 3 is 2.16 bits per heavy atom. The van der Waals surface area contributed by atoms with Crippen LogP contribution in [0.4, 0.5) is 0 Å². The Bertz CT molecular complexity index is 1030. The molecule has 1 aromatic rings. The van der Waals surface area contributed by atoms with Gasteiger partial charge in [0.25, 0.3) is 0 Å². The van der Waals surface area contributed by atoms with Crippen LogP contribution in [0.2, 0.25) is 0 Å². The minimum atomic E-state index is -2.18. The second-order valence-corrected chi connectivity index (χ2v) is 9.04. The zero-order valence-corrected chi connectivity index (χ0v) is 19.0. The van der Waals surface area contributed by atoms with Crippen molar-refractivity contribution in [3.63, 3.8) is 0 Å². The molecule has 31 heavy (non-hydrogen) atoms. The van der Waals surface area contributed by atoms with E-state index in [1.807, 2.05) is 39.8 Å². The first kappa shape index (κ1) is 22.9. The van der Waals surface area contributed by atoms with E-state index < -0.39 is 34.3 Å². The normalized spacial score (nSPS) is 24.0. The van der Waals surface area contributed by atoms with Gasteiger partial charge in [-0.25, -0.2) is 0 Å². The molecule has 0 saturated heterocycles. The molecule has 0 saturated carbocycles. The predicted molar refractivity (Wildman–Crippen MR) is 119 cm³/mol. The third-order valence-corrected chi connectivity index (χ3v) is 6.57. The Morgan fingerprint density at radius 1 is 1.06 bits per heavy atom. The van der Waals surface area contributed by atoms with Gasteiger partial charge < -0.3 is 9.84 Å². The first-order valence-corrected chi connectivity index (χ1v) is 10.5. The number of fused-ring (bicyclic) bond motifs is 1. The van der Waals surface area contributed by atoms with Crippen molar-refractivity contribution in [1.29, 1.82) is 0 Å². The number of hydrogen-bond acceptors (Lipinski definition) is 5. The molecule has 0 unspecified atom stereocenters. The lowest BCUT2D eigenvalue weighted by atomic mass is 9.55. The summed E-state index contributed by atoms with van der Waals surface area (Å²) in [6, 6.07) is 4.78. The predicted octanol–water partition coefficient (Wildman–Crippen LogP) is 4.71. The molecule has 0 aromatic heterocycles. The molecule has 0 heterocycles. The summed E-state index contributed by atoms with van der Waals surface area (Å²) < 4.78 is 5.34. The average molecular weight is 423 g/mol. The fourth-order valence-electron chi connectivity index (χ4n) is 4.69. The minimum absolute atomic E-state index is 0.167. The van der Waals surface area contributed by atoms with Crippen LogP contribution in [0.1, 0.15) is 69.5 Å². The number of carbonyl (C=O) groups excluding carboxylic acids is 3. The Balaban J connectivity index is 2.29. The summed E-state index contributed by atoms with van der Waals surface area (Å²) in [5.74, 6) is -1.54. The number of hydrogen-bond donors (Lipinski definition) is 1. The Kier molecular flexibility index (Phi) is 5.94. The molecular formula is C26H30O5. The van der Waals surface area contributed by atoms with E-state index in [1.165, 1.54) is 19.3 Å². The van der Waals surface area contributed by atoms with E-state index in [1.54, 1.807) is 19.1 Å². The van der Waals surface area contributed by atoms with E-state index in [4.69, 9.17) is 4.74 Å². The molecule has 3 rings (SSSR count). The van der Waals surface area contributed by atoms with Gasteiger partial charge in [-0.15, -0.1) is 0 Å². The summed E-state index contributed by atoms with van der Waals surface area (Å²) in [5, 5.41) is 11.4. The summed E-state index contributed by atoms with van der Waals surface area (Å²) >= 11 is 0. The topological polar surface area (TPSA) is 80.7 Å². The average Bonchev–Trinajstić information content (AvgIpc) is 2.94. The molecule has 2 atom stereocenters. The zero-order chi connectivity index (χ0) is 23.1. The second kappa shape index (κ2) is 8.04. The second-order valence-electron chi connectivity index (χ2n) is 9.04. The SMILES string of the molecule is COc1cccc2c1[C@@H](O)[C@@]1(C(=O)C=C(C)C(CC=C(C)C)(CC=C(C)C)C1=O)C2=O. The number of rotatable bonds is 5. The number of aliphatic hydroxyl groups excluding tert-OH is 1. The van der Waals surface area contributed by atoms with Gasteiger partial charge in [0.05, 0.1) is 12.5 Å². The van der Waals surface area contributed by atoms with E-state index in [2.05, 4.69) is 0 Å². The van der Waals surface area contributed by atoms with Gasteiger partial charge in [0, 0.05) is 11.1 Å². The summed E-state index contributed by atoms with van der Waals surface area (Å²) in [6.45, 7) is 9.53. The highest BCUT2D eigenvalue weighted by atomic mass is 16.5. The van der Waals surface area contributed by atoms with E-state index >= 15 is 0 Å². The lowest BCUT2D eigenvalue weighted by Crippen LogP contribution is -2.56. The van der Waals surface area contributed by atoms with Crippen molar-refractivity contribution in [2.75, 3.05) is 7.11 Å². The largest absolute Gasteiger partial charge is 0.496 e. The molecule has 0 bridgehead atoms. The van der Waals surface area contributed by atoms with Crippen molar-refractivity contribution < 1.29 is 24.2 Å². The van der Waals surface area contributed by atoms with Gasteiger partial charge in [0.15, 0.2) is 22.8 Å². The van der Waals surface area contributed by atoms with Gasteiger partial charge in [0.1, 0.15) is 11.9 Å². The van der Waals surface area contributed by atoms with Gasteiger partial charge in [-0.1, -0.05) is 41.0 Å². The highest BCUT2D eigenvalue weighted by molar-refractivity contribution is 6.36. The Labute approximate surface area is 183 Å². The number of carbonyl (C=O) groups is 3. The smallest absolute Gasteiger partial charge is 0.187 e. The molecule has 1 N–H and O–H groups in total. The van der Waals surface area contributed by atoms with Gasteiger partial charge in [-0.05, 0) is 59.6 Å². The maximum absolute atomic E-state index is 14.3. The molecule has 1 aromatic carbocycles. The first-order chi connectivity index (χ1) is 14.5. The number of ether oxygens (including phenoxy) is 1. The van der Waals surface area contributed by atoms with Crippen LogP contribution in [0.3, 0.4) is 0 Å². The first-order valence-electron chi connectivity index (χ1n) is 10.5. The highest BCUT2D eigenvalue weighted by Crippen LogP contribution is 2.58. The van der Waals surface area contributed by atoms with E-state index in [-0.39, 0.29) is 11.1 Å². The number of benzene rings is 1.